The summed E-state index contributed by atoms with van der Waals surface area (Å²) in [7, 11) is 0. The molecular weight excluding hydrogens is 274 g/mol. The molecule has 0 unspecified atom stereocenters. The number of fused-ring (bicyclic) bond motifs is 1. The molecule has 22 heavy (non-hydrogen) atoms. The molecule has 4 N–H and O–H groups in total. The molecule has 0 atom stereocenters. The van der Waals surface area contributed by atoms with Gasteiger partial charge in [-0.05, 0) is 48.2 Å². The number of amides is 1. The summed E-state index contributed by atoms with van der Waals surface area (Å²) in [6.07, 6.45) is 6.36. The van der Waals surface area contributed by atoms with E-state index in [-0.39, 0.29) is 11.7 Å². The summed E-state index contributed by atoms with van der Waals surface area (Å²) in [5, 5.41) is 10.3. The second-order valence-electron chi connectivity index (χ2n) is 5.30. The molecule has 0 spiro atoms. The van der Waals surface area contributed by atoms with Crippen molar-refractivity contribution in [1.82, 2.24) is 0 Å². The lowest BCUT2D eigenvalue weighted by molar-refractivity contribution is 0.102. The van der Waals surface area contributed by atoms with E-state index in [0.717, 1.165) is 24.1 Å². The standard InChI is InChI=1S/C18H17N3O/c19-17(20)13-5-7-14(8-6-13)18(22)21-16-10-9-12-3-1-2-4-15(12)11-16/h2,4-11H,1,3H2,(H3,19,20)(H,21,22). The number of carbonyl (C=O) groups excluding carboxylic acids is 1. The normalized spacial score (nSPS) is 12.5. The highest BCUT2D eigenvalue weighted by atomic mass is 16.1. The Morgan fingerprint density at radius 2 is 1.82 bits per heavy atom. The number of hydrogen-bond donors (Lipinski definition) is 3. The van der Waals surface area contributed by atoms with E-state index < -0.39 is 0 Å². The van der Waals surface area contributed by atoms with Crippen LogP contribution < -0.4 is 11.1 Å². The fourth-order valence-corrected chi connectivity index (χ4v) is 2.51. The van der Waals surface area contributed by atoms with Crippen molar-refractivity contribution in [2.45, 2.75) is 12.8 Å². The summed E-state index contributed by atoms with van der Waals surface area (Å²) in [6.45, 7) is 0. The van der Waals surface area contributed by atoms with E-state index in [1.54, 1.807) is 24.3 Å². The predicted octanol–water partition coefficient (Wildman–Crippen LogP) is 3.18. The first kappa shape index (κ1) is 14.1. The molecule has 0 saturated carbocycles. The molecule has 0 saturated heterocycles. The van der Waals surface area contributed by atoms with E-state index in [1.165, 1.54) is 5.56 Å². The fraction of sp³-hybridized carbons (Fsp3) is 0.111. The van der Waals surface area contributed by atoms with Crippen LogP contribution in [-0.2, 0) is 6.42 Å². The van der Waals surface area contributed by atoms with Gasteiger partial charge >= 0.3 is 0 Å². The Balaban J connectivity index is 1.77. The van der Waals surface area contributed by atoms with Gasteiger partial charge in [0.25, 0.3) is 5.91 Å². The maximum Gasteiger partial charge on any atom is 0.255 e. The lowest BCUT2D eigenvalue weighted by atomic mass is 9.97. The van der Waals surface area contributed by atoms with Crippen LogP contribution in [0.2, 0.25) is 0 Å². The molecule has 4 nitrogen and oxygen atoms in total. The summed E-state index contributed by atoms with van der Waals surface area (Å²) in [5.74, 6) is -0.178. The number of hydrogen-bond acceptors (Lipinski definition) is 2. The van der Waals surface area contributed by atoms with Gasteiger partial charge in [0.15, 0.2) is 0 Å². The first-order chi connectivity index (χ1) is 10.6. The van der Waals surface area contributed by atoms with Crippen molar-refractivity contribution in [2.24, 2.45) is 5.73 Å². The first-order valence-electron chi connectivity index (χ1n) is 7.19. The van der Waals surface area contributed by atoms with Gasteiger partial charge < -0.3 is 11.1 Å². The van der Waals surface area contributed by atoms with Crippen LogP contribution in [0, 0.1) is 5.41 Å². The molecule has 0 radical (unpaired) electrons. The Labute approximate surface area is 129 Å². The van der Waals surface area contributed by atoms with Crippen molar-refractivity contribution in [2.75, 3.05) is 5.32 Å². The molecule has 2 aromatic rings. The zero-order valence-corrected chi connectivity index (χ0v) is 12.1. The topological polar surface area (TPSA) is 79.0 Å². The second-order valence-corrected chi connectivity index (χ2v) is 5.30. The quantitative estimate of drug-likeness (QED) is 0.600. The lowest BCUT2D eigenvalue weighted by Gasteiger charge is -2.12. The van der Waals surface area contributed by atoms with Crippen LogP contribution in [0.15, 0.2) is 48.5 Å². The van der Waals surface area contributed by atoms with Crippen molar-refractivity contribution >= 4 is 23.5 Å². The molecule has 0 aromatic heterocycles. The molecule has 2 aromatic carbocycles. The van der Waals surface area contributed by atoms with E-state index in [1.807, 2.05) is 12.1 Å². The molecule has 110 valence electrons. The smallest absolute Gasteiger partial charge is 0.255 e. The third kappa shape index (κ3) is 2.91. The number of benzene rings is 2. The van der Waals surface area contributed by atoms with Crippen molar-refractivity contribution in [3.63, 3.8) is 0 Å². The Hall–Kier alpha value is -2.88. The minimum atomic E-state index is -0.171. The number of rotatable bonds is 3. The number of nitrogens with one attached hydrogen (secondary N) is 2. The molecule has 1 aliphatic carbocycles. The Bertz CT molecular complexity index is 760. The van der Waals surface area contributed by atoms with E-state index in [4.69, 9.17) is 11.1 Å². The van der Waals surface area contributed by atoms with Crippen LogP contribution in [0.25, 0.3) is 6.08 Å². The van der Waals surface area contributed by atoms with Crippen molar-refractivity contribution in [3.05, 3.63) is 70.8 Å². The van der Waals surface area contributed by atoms with Gasteiger partial charge in [-0.3, -0.25) is 10.2 Å². The van der Waals surface area contributed by atoms with Crippen LogP contribution in [0.1, 0.15) is 33.5 Å². The summed E-state index contributed by atoms with van der Waals surface area (Å²) in [5.41, 5.74) is 9.81. The van der Waals surface area contributed by atoms with Gasteiger partial charge in [0.1, 0.15) is 5.84 Å². The average molecular weight is 291 g/mol. The largest absolute Gasteiger partial charge is 0.384 e. The summed E-state index contributed by atoms with van der Waals surface area (Å²) in [4.78, 5) is 12.2. The lowest BCUT2D eigenvalue weighted by Crippen LogP contribution is -2.14. The summed E-state index contributed by atoms with van der Waals surface area (Å²) >= 11 is 0. The molecule has 0 fully saturated rings. The fourth-order valence-electron chi connectivity index (χ4n) is 2.51. The summed E-state index contributed by atoms with van der Waals surface area (Å²) in [6, 6.07) is 12.7. The molecular formula is C18H17N3O. The van der Waals surface area contributed by atoms with Gasteiger partial charge in [-0.25, -0.2) is 0 Å². The molecule has 0 bridgehead atoms. The van der Waals surface area contributed by atoms with Crippen molar-refractivity contribution < 1.29 is 4.79 Å². The molecule has 0 heterocycles. The maximum absolute atomic E-state index is 12.2. The van der Waals surface area contributed by atoms with Gasteiger partial charge in [0, 0.05) is 16.8 Å². The van der Waals surface area contributed by atoms with Crippen LogP contribution in [0.3, 0.4) is 0 Å². The maximum atomic E-state index is 12.2. The number of allylic oxidation sites excluding steroid dienone is 1. The molecule has 4 heteroatoms. The van der Waals surface area contributed by atoms with E-state index in [0.29, 0.717) is 11.1 Å². The van der Waals surface area contributed by atoms with Gasteiger partial charge in [0.2, 0.25) is 0 Å². The highest BCUT2D eigenvalue weighted by molar-refractivity contribution is 6.05. The van der Waals surface area contributed by atoms with Gasteiger partial charge in [-0.15, -0.1) is 0 Å². The number of amidine groups is 1. The number of carbonyl (C=O) groups is 1. The third-order valence-corrected chi connectivity index (χ3v) is 3.74. The first-order valence-corrected chi connectivity index (χ1v) is 7.19. The molecule has 1 aliphatic rings. The van der Waals surface area contributed by atoms with E-state index in [9.17, 15) is 4.79 Å². The second kappa shape index (κ2) is 5.85. The Kier molecular flexibility index (Phi) is 3.74. The molecule has 3 rings (SSSR count). The third-order valence-electron chi connectivity index (χ3n) is 3.74. The van der Waals surface area contributed by atoms with E-state index >= 15 is 0 Å². The van der Waals surface area contributed by atoms with Gasteiger partial charge in [-0.1, -0.05) is 30.4 Å². The number of nitrogen functional groups attached to an aromatic ring is 1. The highest BCUT2D eigenvalue weighted by Gasteiger charge is 2.09. The highest BCUT2D eigenvalue weighted by Crippen LogP contribution is 2.23. The SMILES string of the molecule is N=C(N)c1ccc(C(=O)Nc2ccc3c(c2)C=CCC3)cc1. The summed E-state index contributed by atoms with van der Waals surface area (Å²) < 4.78 is 0. The number of nitrogens with two attached hydrogens (primary N) is 1. The molecule has 1 amide bonds. The van der Waals surface area contributed by atoms with Crippen molar-refractivity contribution in [1.29, 1.82) is 5.41 Å². The van der Waals surface area contributed by atoms with Gasteiger partial charge in [0.05, 0.1) is 0 Å². The van der Waals surface area contributed by atoms with Crippen LogP contribution >= 0.6 is 0 Å². The van der Waals surface area contributed by atoms with Crippen LogP contribution in [0.4, 0.5) is 5.69 Å². The van der Waals surface area contributed by atoms with E-state index in [2.05, 4.69) is 23.5 Å². The Morgan fingerprint density at radius 3 is 2.55 bits per heavy atom. The minimum absolute atomic E-state index is 0.00608. The van der Waals surface area contributed by atoms with Gasteiger partial charge in [-0.2, -0.15) is 0 Å². The molecule has 0 aliphatic heterocycles. The minimum Gasteiger partial charge on any atom is -0.384 e. The average Bonchev–Trinajstić information content (AvgIpc) is 2.55. The zero-order valence-electron chi connectivity index (χ0n) is 12.1. The number of anilines is 1. The monoisotopic (exact) mass is 291 g/mol. The van der Waals surface area contributed by atoms with Crippen LogP contribution in [0.5, 0.6) is 0 Å². The zero-order chi connectivity index (χ0) is 15.5. The number of aryl methyl sites for hydroxylation is 1. The Morgan fingerprint density at radius 1 is 1.09 bits per heavy atom. The van der Waals surface area contributed by atoms with Crippen LogP contribution in [-0.4, -0.2) is 11.7 Å². The van der Waals surface area contributed by atoms with Crippen molar-refractivity contribution in [3.8, 4) is 0 Å². The predicted molar refractivity (Wildman–Crippen MR) is 89.2 cm³/mol.